The third-order valence-electron chi connectivity index (χ3n) is 6.99. The van der Waals surface area contributed by atoms with Gasteiger partial charge in [-0.2, -0.15) is 10.2 Å². The number of thiazole rings is 2. The second kappa shape index (κ2) is 13.3. The molecule has 4 heterocycles. The number of carbonyl (C=O) groups is 2. The molecule has 0 saturated heterocycles. The summed E-state index contributed by atoms with van der Waals surface area (Å²) in [5, 5.41) is 29.6. The molecule has 2 aromatic carbocycles. The maximum absolute atomic E-state index is 11.1. The number of aromatic carboxylic acids is 2. The first-order chi connectivity index (χ1) is 21.7. The molecule has 0 saturated carbocycles. The number of carboxylic acids is 2. The van der Waals surface area contributed by atoms with Crippen molar-refractivity contribution in [3.63, 3.8) is 0 Å². The number of allylic oxidation sites excluding steroid dienone is 1. The van der Waals surface area contributed by atoms with E-state index in [2.05, 4.69) is 35.6 Å². The summed E-state index contributed by atoms with van der Waals surface area (Å²) in [6, 6.07) is 10.6. The Morgan fingerprint density at radius 1 is 0.804 bits per heavy atom. The number of carboxylic acid groups (broad SMARTS) is 2. The molecule has 4 aromatic heterocycles. The van der Waals surface area contributed by atoms with Crippen molar-refractivity contribution in [1.29, 1.82) is 0 Å². The maximum atomic E-state index is 11.1. The highest BCUT2D eigenvalue weighted by molar-refractivity contribution is 7.19. The second-order valence-corrected chi connectivity index (χ2v) is 14.1. The van der Waals surface area contributed by atoms with E-state index in [1.54, 1.807) is 32.8 Å². The number of rotatable bonds is 8. The largest absolute Gasteiger partial charge is 0.476 e. The summed E-state index contributed by atoms with van der Waals surface area (Å²) < 4.78 is 5.34. The highest BCUT2D eigenvalue weighted by atomic mass is 35.5. The Bertz CT molecular complexity index is 2140. The van der Waals surface area contributed by atoms with Gasteiger partial charge in [-0.05, 0) is 62.7 Å². The molecule has 2 N–H and O–H groups in total. The maximum Gasteiger partial charge on any atom is 0.356 e. The Kier molecular flexibility index (Phi) is 9.64. The Labute approximate surface area is 282 Å². The zero-order chi connectivity index (χ0) is 33.4. The van der Waals surface area contributed by atoms with Crippen LogP contribution < -0.4 is 0 Å². The van der Waals surface area contributed by atoms with Gasteiger partial charge in [-0.1, -0.05) is 43.6 Å². The van der Waals surface area contributed by atoms with E-state index in [0.29, 0.717) is 29.1 Å². The van der Waals surface area contributed by atoms with Crippen LogP contribution in [0.25, 0.3) is 26.0 Å². The van der Waals surface area contributed by atoms with Crippen molar-refractivity contribution in [2.75, 3.05) is 0 Å². The van der Waals surface area contributed by atoms with E-state index < -0.39 is 11.9 Å². The molecule has 0 aliphatic carbocycles. The van der Waals surface area contributed by atoms with Gasteiger partial charge in [0.1, 0.15) is 5.01 Å². The van der Waals surface area contributed by atoms with Crippen molar-refractivity contribution in [3.05, 3.63) is 96.9 Å². The molecule has 0 aliphatic rings. The summed E-state index contributed by atoms with van der Waals surface area (Å²) in [5.41, 5.74) is 6.14. The number of hydrogen-bond donors (Lipinski definition) is 2. The van der Waals surface area contributed by atoms with Crippen LogP contribution >= 0.6 is 45.9 Å². The summed E-state index contributed by atoms with van der Waals surface area (Å²) in [7, 11) is 0. The number of hydrogen-bond acceptors (Lipinski definition) is 8. The fourth-order valence-corrected chi connectivity index (χ4v) is 7.33. The SMILES string of the molecule is C=C(C)c1nc2c(Cn3nc(C(=O)O)cc3C)cc(Cl)cc2s1.Cc1cc(C(=O)O)nn1Cc1cc(Cl)cc2sc(C(C)C)nc12. The van der Waals surface area contributed by atoms with E-state index in [1.165, 1.54) is 11.3 Å². The molecule has 0 spiro atoms. The zero-order valence-corrected chi connectivity index (χ0v) is 28.8. The van der Waals surface area contributed by atoms with Gasteiger partial charge >= 0.3 is 11.9 Å². The van der Waals surface area contributed by atoms with Crippen molar-refractivity contribution in [2.24, 2.45) is 0 Å². The van der Waals surface area contributed by atoms with Crippen LogP contribution in [0.3, 0.4) is 0 Å². The molecule has 6 aromatic rings. The molecular formula is C32H30Cl2N6O4S2. The topological polar surface area (TPSA) is 136 Å². The highest BCUT2D eigenvalue weighted by Gasteiger charge is 2.17. The molecule has 46 heavy (non-hydrogen) atoms. The van der Waals surface area contributed by atoms with Gasteiger partial charge in [0.2, 0.25) is 0 Å². The van der Waals surface area contributed by atoms with Gasteiger partial charge in [-0.25, -0.2) is 19.6 Å². The molecular weight excluding hydrogens is 667 g/mol. The van der Waals surface area contributed by atoms with Gasteiger partial charge in [0.05, 0.1) is 38.5 Å². The first-order valence-corrected chi connectivity index (χ1v) is 16.5. The van der Waals surface area contributed by atoms with E-state index in [4.69, 9.17) is 38.4 Å². The van der Waals surface area contributed by atoms with Crippen molar-refractivity contribution in [3.8, 4) is 0 Å². The molecule has 0 unspecified atom stereocenters. The molecule has 0 amide bonds. The Morgan fingerprint density at radius 3 is 1.67 bits per heavy atom. The third kappa shape index (κ3) is 7.15. The number of fused-ring (bicyclic) bond motifs is 2. The third-order valence-corrected chi connectivity index (χ3v) is 9.90. The summed E-state index contributed by atoms with van der Waals surface area (Å²) in [4.78, 5) is 31.4. The number of aromatic nitrogens is 6. The van der Waals surface area contributed by atoms with E-state index in [1.807, 2.05) is 45.0 Å². The lowest BCUT2D eigenvalue weighted by Gasteiger charge is -2.06. The molecule has 0 radical (unpaired) electrons. The molecule has 10 nitrogen and oxygen atoms in total. The van der Waals surface area contributed by atoms with Crippen LogP contribution in [0.5, 0.6) is 0 Å². The van der Waals surface area contributed by atoms with Crippen LogP contribution in [0.2, 0.25) is 10.0 Å². The van der Waals surface area contributed by atoms with Gasteiger partial charge in [-0.3, -0.25) is 9.36 Å². The quantitative estimate of drug-likeness (QED) is 0.162. The second-order valence-electron chi connectivity index (χ2n) is 11.1. The lowest BCUT2D eigenvalue weighted by Crippen LogP contribution is -2.06. The minimum atomic E-state index is -1.04. The van der Waals surface area contributed by atoms with Crippen LogP contribution in [-0.2, 0) is 13.1 Å². The molecule has 6 rings (SSSR count). The highest BCUT2D eigenvalue weighted by Crippen LogP contribution is 2.33. The fourth-order valence-electron chi connectivity index (χ4n) is 4.68. The number of benzene rings is 2. The van der Waals surface area contributed by atoms with Crippen LogP contribution in [0.4, 0.5) is 0 Å². The lowest BCUT2D eigenvalue weighted by atomic mass is 10.2. The van der Waals surface area contributed by atoms with Gasteiger partial charge in [-0.15, -0.1) is 22.7 Å². The van der Waals surface area contributed by atoms with Crippen molar-refractivity contribution >= 4 is 83.8 Å². The van der Waals surface area contributed by atoms with Crippen LogP contribution in [-0.4, -0.2) is 51.7 Å². The van der Waals surface area contributed by atoms with Crippen LogP contribution in [0.1, 0.15) is 80.2 Å². The Morgan fingerprint density at radius 2 is 1.26 bits per heavy atom. The average molecular weight is 698 g/mol. The summed E-state index contributed by atoms with van der Waals surface area (Å²) >= 11 is 15.6. The summed E-state index contributed by atoms with van der Waals surface area (Å²) in [5.74, 6) is -1.72. The van der Waals surface area contributed by atoms with Crippen molar-refractivity contribution < 1.29 is 19.8 Å². The summed E-state index contributed by atoms with van der Waals surface area (Å²) in [6.45, 7) is 14.6. The monoisotopic (exact) mass is 696 g/mol. The predicted molar refractivity (Wildman–Crippen MR) is 184 cm³/mol. The minimum Gasteiger partial charge on any atom is -0.476 e. The Hall–Kier alpha value is -4.10. The first-order valence-electron chi connectivity index (χ1n) is 14.1. The standard InChI is InChI=1S/C16H16ClN3O2S.C16H14ClN3O2S/c2*1-8(2)15-18-14-10(5-11(17)6-13(14)23-15)7-20-9(3)4-12(19-20)16(21)22/h4-6,8H,7H2,1-3H3,(H,21,22);4-6H,1,7H2,2-3H3,(H,21,22). The normalized spacial score (nSPS) is 11.3. The van der Waals surface area contributed by atoms with Crippen molar-refractivity contribution in [1.82, 2.24) is 29.5 Å². The zero-order valence-electron chi connectivity index (χ0n) is 25.6. The van der Waals surface area contributed by atoms with Gasteiger partial charge in [0.25, 0.3) is 0 Å². The smallest absolute Gasteiger partial charge is 0.356 e. The predicted octanol–water partition coefficient (Wildman–Crippen LogP) is 8.56. The molecule has 0 aliphatic heterocycles. The number of nitrogens with zero attached hydrogens (tertiary/aromatic N) is 6. The lowest BCUT2D eigenvalue weighted by molar-refractivity contribution is 0.0679. The number of halogens is 2. The first kappa shape index (κ1) is 33.3. The van der Waals surface area contributed by atoms with Crippen LogP contribution in [0.15, 0.2) is 43.0 Å². The van der Waals surface area contributed by atoms with Crippen LogP contribution in [0, 0.1) is 13.8 Å². The van der Waals surface area contributed by atoms with E-state index in [9.17, 15) is 9.59 Å². The van der Waals surface area contributed by atoms with Crippen molar-refractivity contribution in [2.45, 2.75) is 53.6 Å². The van der Waals surface area contributed by atoms with Gasteiger partial charge in [0.15, 0.2) is 11.4 Å². The Balaban J connectivity index is 0.000000181. The van der Waals surface area contributed by atoms with E-state index >= 15 is 0 Å². The van der Waals surface area contributed by atoms with Gasteiger partial charge < -0.3 is 10.2 Å². The van der Waals surface area contributed by atoms with E-state index in [-0.39, 0.29) is 11.4 Å². The number of aryl methyl sites for hydroxylation is 2. The molecule has 14 heteroatoms. The molecule has 0 atom stereocenters. The summed E-state index contributed by atoms with van der Waals surface area (Å²) in [6.07, 6.45) is 0. The molecule has 0 bridgehead atoms. The average Bonchev–Trinajstić information content (AvgIpc) is 3.75. The molecule has 0 fully saturated rings. The van der Waals surface area contributed by atoms with E-state index in [0.717, 1.165) is 58.5 Å². The fraction of sp³-hybridized carbons (Fsp3) is 0.250. The van der Waals surface area contributed by atoms with Gasteiger partial charge in [0, 0.05) is 38.5 Å². The minimum absolute atomic E-state index is 0.0293. The molecule has 238 valence electrons.